The summed E-state index contributed by atoms with van der Waals surface area (Å²) in [5, 5.41) is 5.79. The van der Waals surface area contributed by atoms with E-state index in [2.05, 4.69) is 15.4 Å². The van der Waals surface area contributed by atoms with Gasteiger partial charge in [0.1, 0.15) is 6.04 Å². The van der Waals surface area contributed by atoms with E-state index in [9.17, 15) is 9.59 Å². The molecule has 1 heterocycles. The lowest BCUT2D eigenvalue weighted by Crippen LogP contribution is -2.44. The number of hydrogen-bond acceptors (Lipinski definition) is 4. The van der Waals surface area contributed by atoms with Crippen LogP contribution in [0.2, 0.25) is 0 Å². The zero-order chi connectivity index (χ0) is 10.6. The van der Waals surface area contributed by atoms with Gasteiger partial charge in [0, 0.05) is 19.0 Å². The number of esters is 1. The van der Waals surface area contributed by atoms with Gasteiger partial charge in [0.25, 0.3) is 0 Å². The second kappa shape index (κ2) is 4.95. The van der Waals surface area contributed by atoms with E-state index in [1.807, 2.05) is 6.92 Å². The van der Waals surface area contributed by atoms with Crippen molar-refractivity contribution in [1.29, 1.82) is 0 Å². The van der Waals surface area contributed by atoms with E-state index in [4.69, 9.17) is 0 Å². The summed E-state index contributed by atoms with van der Waals surface area (Å²) in [4.78, 5) is 22.1. The lowest BCUT2D eigenvalue weighted by atomic mass is 10.1. The molecule has 14 heavy (non-hydrogen) atoms. The number of nitrogens with one attached hydrogen (secondary N) is 2. The van der Waals surface area contributed by atoms with Gasteiger partial charge in [-0.1, -0.05) is 6.92 Å². The van der Waals surface area contributed by atoms with Gasteiger partial charge in [-0.05, 0) is 6.42 Å². The van der Waals surface area contributed by atoms with E-state index in [1.165, 1.54) is 7.11 Å². The van der Waals surface area contributed by atoms with E-state index >= 15 is 0 Å². The standard InChI is InChI=1S/C9H16N2O3/c1-3-7(9(13)14-2)11-6-4-8(12)10-5-6/h6-7,11H,3-5H2,1-2H3,(H,10,12). The van der Waals surface area contributed by atoms with Gasteiger partial charge in [0.2, 0.25) is 5.91 Å². The van der Waals surface area contributed by atoms with Gasteiger partial charge in [0.05, 0.1) is 7.11 Å². The number of methoxy groups -OCH3 is 1. The topological polar surface area (TPSA) is 67.4 Å². The van der Waals surface area contributed by atoms with Gasteiger partial charge in [-0.25, -0.2) is 0 Å². The molecule has 1 fully saturated rings. The predicted molar refractivity (Wildman–Crippen MR) is 50.6 cm³/mol. The largest absolute Gasteiger partial charge is 0.468 e. The van der Waals surface area contributed by atoms with Crippen LogP contribution in [-0.4, -0.2) is 37.6 Å². The Morgan fingerprint density at radius 3 is 2.93 bits per heavy atom. The molecule has 1 aliphatic rings. The molecule has 1 aliphatic heterocycles. The molecular formula is C9H16N2O3. The molecule has 0 aromatic heterocycles. The summed E-state index contributed by atoms with van der Waals surface area (Å²) < 4.78 is 4.63. The van der Waals surface area contributed by atoms with Crippen molar-refractivity contribution >= 4 is 11.9 Å². The second-order valence-electron chi connectivity index (χ2n) is 3.36. The molecule has 0 bridgehead atoms. The number of hydrogen-bond donors (Lipinski definition) is 2. The normalized spacial score (nSPS) is 23.0. The zero-order valence-corrected chi connectivity index (χ0v) is 8.50. The minimum absolute atomic E-state index is 0.0298. The van der Waals surface area contributed by atoms with Crippen molar-refractivity contribution in [1.82, 2.24) is 10.6 Å². The van der Waals surface area contributed by atoms with E-state index in [0.29, 0.717) is 19.4 Å². The molecule has 2 N–H and O–H groups in total. The van der Waals surface area contributed by atoms with Crippen LogP contribution in [-0.2, 0) is 14.3 Å². The molecule has 2 atom stereocenters. The van der Waals surface area contributed by atoms with E-state index < -0.39 is 0 Å². The first-order valence-corrected chi connectivity index (χ1v) is 4.78. The first-order valence-electron chi connectivity index (χ1n) is 4.78. The van der Waals surface area contributed by atoms with Crippen molar-refractivity contribution in [3.63, 3.8) is 0 Å². The number of carbonyl (C=O) groups excluding carboxylic acids is 2. The van der Waals surface area contributed by atoms with Crippen LogP contribution in [0.4, 0.5) is 0 Å². The maximum Gasteiger partial charge on any atom is 0.322 e. The molecule has 0 aromatic carbocycles. The summed E-state index contributed by atoms with van der Waals surface area (Å²) in [5.74, 6) is -0.242. The third-order valence-electron chi connectivity index (χ3n) is 2.31. The highest BCUT2D eigenvalue weighted by molar-refractivity contribution is 5.79. The van der Waals surface area contributed by atoms with E-state index in [-0.39, 0.29) is 24.0 Å². The highest BCUT2D eigenvalue weighted by atomic mass is 16.5. The van der Waals surface area contributed by atoms with Crippen LogP contribution in [0.25, 0.3) is 0 Å². The van der Waals surface area contributed by atoms with Crippen LogP contribution in [0.5, 0.6) is 0 Å². The van der Waals surface area contributed by atoms with Crippen molar-refractivity contribution < 1.29 is 14.3 Å². The SMILES string of the molecule is CCC(NC1CNC(=O)C1)C(=O)OC. The number of amides is 1. The molecule has 80 valence electrons. The lowest BCUT2D eigenvalue weighted by molar-refractivity contribution is -0.143. The van der Waals surface area contributed by atoms with Gasteiger partial charge >= 0.3 is 5.97 Å². The molecule has 0 radical (unpaired) electrons. The molecule has 2 unspecified atom stereocenters. The van der Waals surface area contributed by atoms with Crippen molar-refractivity contribution in [2.24, 2.45) is 0 Å². The highest BCUT2D eigenvalue weighted by Crippen LogP contribution is 2.03. The van der Waals surface area contributed by atoms with Crippen LogP contribution in [0.1, 0.15) is 19.8 Å². The van der Waals surface area contributed by atoms with E-state index in [1.54, 1.807) is 0 Å². The Morgan fingerprint density at radius 2 is 2.50 bits per heavy atom. The second-order valence-corrected chi connectivity index (χ2v) is 3.36. The van der Waals surface area contributed by atoms with Crippen LogP contribution in [0.15, 0.2) is 0 Å². The fraction of sp³-hybridized carbons (Fsp3) is 0.778. The lowest BCUT2D eigenvalue weighted by Gasteiger charge is -2.18. The maximum absolute atomic E-state index is 11.2. The monoisotopic (exact) mass is 200 g/mol. The van der Waals surface area contributed by atoms with Crippen LogP contribution in [0, 0.1) is 0 Å². The highest BCUT2D eigenvalue weighted by Gasteiger charge is 2.26. The molecule has 0 aliphatic carbocycles. The average molecular weight is 200 g/mol. The van der Waals surface area contributed by atoms with E-state index in [0.717, 1.165) is 0 Å². The zero-order valence-electron chi connectivity index (χ0n) is 8.50. The third kappa shape index (κ3) is 2.70. The van der Waals surface area contributed by atoms with Crippen molar-refractivity contribution in [3.8, 4) is 0 Å². The predicted octanol–water partition coefficient (Wildman–Crippen LogP) is -0.584. The summed E-state index contributed by atoms with van der Waals surface area (Å²) in [7, 11) is 1.37. The number of rotatable bonds is 4. The summed E-state index contributed by atoms with van der Waals surface area (Å²) >= 11 is 0. The Bertz CT molecular complexity index is 230. The minimum atomic E-state index is -0.308. The maximum atomic E-state index is 11.2. The Hall–Kier alpha value is -1.10. The molecule has 1 saturated heterocycles. The van der Waals surface area contributed by atoms with Crippen molar-refractivity contribution in [2.45, 2.75) is 31.8 Å². The average Bonchev–Trinajstić information content (AvgIpc) is 2.59. The Kier molecular flexibility index (Phi) is 3.88. The third-order valence-corrected chi connectivity index (χ3v) is 2.31. The Labute approximate surface area is 83.2 Å². The number of carbonyl (C=O) groups is 2. The molecule has 1 amide bonds. The van der Waals surface area contributed by atoms with Gasteiger partial charge in [0.15, 0.2) is 0 Å². The van der Waals surface area contributed by atoms with Crippen LogP contribution in [0.3, 0.4) is 0 Å². The van der Waals surface area contributed by atoms with Crippen LogP contribution < -0.4 is 10.6 Å². The van der Waals surface area contributed by atoms with Gasteiger partial charge < -0.3 is 10.1 Å². The fourth-order valence-electron chi connectivity index (χ4n) is 1.50. The molecule has 0 aromatic rings. The molecule has 1 rings (SSSR count). The van der Waals surface area contributed by atoms with Crippen LogP contribution >= 0.6 is 0 Å². The molecule has 0 saturated carbocycles. The quantitative estimate of drug-likeness (QED) is 0.596. The molecular weight excluding hydrogens is 184 g/mol. The number of ether oxygens (including phenoxy) is 1. The van der Waals surface area contributed by atoms with Gasteiger partial charge in [-0.3, -0.25) is 14.9 Å². The van der Waals surface area contributed by atoms with Gasteiger partial charge in [-0.15, -0.1) is 0 Å². The molecule has 5 heteroatoms. The summed E-state index contributed by atoms with van der Waals surface area (Å²) in [5.41, 5.74) is 0. The molecule has 5 nitrogen and oxygen atoms in total. The fourth-order valence-corrected chi connectivity index (χ4v) is 1.50. The first-order chi connectivity index (χ1) is 6.67. The van der Waals surface area contributed by atoms with Crippen molar-refractivity contribution in [3.05, 3.63) is 0 Å². The Balaban J connectivity index is 2.40. The van der Waals surface area contributed by atoms with Crippen molar-refractivity contribution in [2.75, 3.05) is 13.7 Å². The summed E-state index contributed by atoms with van der Waals surface area (Å²) in [6, 6.07) is -0.260. The molecule has 0 spiro atoms. The summed E-state index contributed by atoms with van der Waals surface area (Å²) in [6.45, 7) is 2.49. The smallest absolute Gasteiger partial charge is 0.322 e. The minimum Gasteiger partial charge on any atom is -0.468 e. The Morgan fingerprint density at radius 1 is 1.79 bits per heavy atom. The summed E-state index contributed by atoms with van der Waals surface area (Å²) in [6.07, 6.45) is 1.10. The van der Waals surface area contributed by atoms with Gasteiger partial charge in [-0.2, -0.15) is 0 Å². The first kappa shape index (κ1) is 11.0.